The molecule has 7 heteroatoms. The number of hydrogen-bond donors (Lipinski definition) is 1. The number of allylic oxidation sites excluding steroid dienone is 5. The topological polar surface area (TPSA) is 56.8 Å². The van der Waals surface area contributed by atoms with Gasteiger partial charge >= 0.3 is 8.60 Å². The van der Waals surface area contributed by atoms with Crippen LogP contribution in [0.1, 0.15) is 83.1 Å². The van der Waals surface area contributed by atoms with Crippen molar-refractivity contribution in [3.05, 3.63) is 94.6 Å². The second kappa shape index (κ2) is 20.6. The van der Waals surface area contributed by atoms with Crippen molar-refractivity contribution in [3.8, 4) is 0 Å². The Hall–Kier alpha value is -2.21. The Morgan fingerprint density at radius 2 is 1.46 bits per heavy atom. The second-order valence-electron chi connectivity index (χ2n) is 10.1. The van der Waals surface area contributed by atoms with Crippen LogP contribution in [0, 0.1) is 0 Å². The SMILES string of the molecule is CCOP(OCC)OCCc1ccc(NC(=O)c2ccccc2SC/C=C(\C)CC/C=C(\C)CCC=C(C)C)cc1. The molecule has 0 aliphatic heterocycles. The first-order valence-electron chi connectivity index (χ1n) is 14.6. The Balaban J connectivity index is 1.83. The minimum Gasteiger partial charge on any atom is -0.322 e. The Morgan fingerprint density at radius 1 is 0.829 bits per heavy atom. The fourth-order valence-corrected chi connectivity index (χ4v) is 5.83. The average Bonchev–Trinajstić information content (AvgIpc) is 2.94. The molecule has 0 aliphatic carbocycles. The summed E-state index contributed by atoms with van der Waals surface area (Å²) in [6.07, 6.45) is 12.1. The van der Waals surface area contributed by atoms with E-state index in [9.17, 15) is 4.79 Å². The molecule has 1 amide bonds. The molecule has 0 aromatic heterocycles. The van der Waals surface area contributed by atoms with Crippen molar-refractivity contribution < 1.29 is 18.4 Å². The minimum absolute atomic E-state index is 0.0994. The van der Waals surface area contributed by atoms with Crippen molar-refractivity contribution >= 4 is 32.0 Å². The average molecular weight is 598 g/mol. The van der Waals surface area contributed by atoms with Crippen molar-refractivity contribution in [2.45, 2.75) is 78.5 Å². The van der Waals surface area contributed by atoms with E-state index < -0.39 is 8.60 Å². The molecule has 0 unspecified atom stereocenters. The lowest BCUT2D eigenvalue weighted by molar-refractivity contribution is 0.102. The molecule has 0 radical (unpaired) electrons. The van der Waals surface area contributed by atoms with E-state index in [0.29, 0.717) is 25.4 Å². The first-order valence-corrected chi connectivity index (χ1v) is 16.7. The Labute approximate surface area is 253 Å². The van der Waals surface area contributed by atoms with Gasteiger partial charge in [0.05, 0.1) is 25.4 Å². The lowest BCUT2D eigenvalue weighted by Crippen LogP contribution is -2.13. The van der Waals surface area contributed by atoms with Crippen LogP contribution >= 0.6 is 20.4 Å². The number of carbonyl (C=O) groups excluding carboxylic acids is 1. The Morgan fingerprint density at radius 3 is 2.12 bits per heavy atom. The third-order valence-corrected chi connectivity index (χ3v) is 8.53. The van der Waals surface area contributed by atoms with E-state index in [1.807, 2.05) is 62.4 Å². The normalized spacial score (nSPS) is 12.1. The number of thioether (sulfide) groups is 1. The van der Waals surface area contributed by atoms with Gasteiger partial charge in [-0.05, 0) is 103 Å². The highest BCUT2D eigenvalue weighted by atomic mass is 32.2. The molecule has 1 N–H and O–H groups in total. The molecule has 0 saturated heterocycles. The van der Waals surface area contributed by atoms with E-state index in [2.05, 4.69) is 51.2 Å². The molecule has 0 fully saturated rings. The van der Waals surface area contributed by atoms with Gasteiger partial charge in [-0.15, -0.1) is 11.8 Å². The van der Waals surface area contributed by atoms with Crippen molar-refractivity contribution in [1.82, 2.24) is 0 Å². The predicted octanol–water partition coefficient (Wildman–Crippen LogP) is 10.3. The summed E-state index contributed by atoms with van der Waals surface area (Å²) in [7, 11) is -1.29. The number of rotatable bonds is 19. The molecule has 0 spiro atoms. The third-order valence-electron chi connectivity index (χ3n) is 6.19. The molecular formula is C34H48NO4PS. The van der Waals surface area contributed by atoms with E-state index in [-0.39, 0.29) is 5.91 Å². The Bertz CT molecular complexity index is 1130. The molecule has 0 atom stereocenters. The summed E-state index contributed by atoms with van der Waals surface area (Å²) in [4.78, 5) is 14.1. The lowest BCUT2D eigenvalue weighted by atomic mass is 10.1. The highest BCUT2D eigenvalue weighted by Crippen LogP contribution is 2.39. The number of benzene rings is 2. The van der Waals surface area contributed by atoms with Gasteiger partial charge in [0.2, 0.25) is 0 Å². The zero-order chi connectivity index (χ0) is 29.9. The maximum absolute atomic E-state index is 13.1. The van der Waals surface area contributed by atoms with E-state index in [4.69, 9.17) is 13.6 Å². The second-order valence-corrected chi connectivity index (χ2v) is 12.3. The zero-order valence-electron chi connectivity index (χ0n) is 25.7. The summed E-state index contributed by atoms with van der Waals surface area (Å²) in [5, 5.41) is 3.05. The molecule has 2 rings (SSSR count). The van der Waals surface area contributed by atoms with Crippen LogP contribution in [-0.2, 0) is 20.0 Å². The number of nitrogens with one attached hydrogen (secondary N) is 1. The molecule has 41 heavy (non-hydrogen) atoms. The predicted molar refractivity (Wildman–Crippen MR) is 177 cm³/mol. The van der Waals surface area contributed by atoms with Gasteiger partial charge in [0.15, 0.2) is 0 Å². The molecular weight excluding hydrogens is 549 g/mol. The molecule has 0 bridgehead atoms. The summed E-state index contributed by atoms with van der Waals surface area (Å²) in [5.41, 5.74) is 6.81. The molecule has 0 saturated carbocycles. The highest BCUT2D eigenvalue weighted by molar-refractivity contribution is 7.99. The zero-order valence-corrected chi connectivity index (χ0v) is 27.4. The monoisotopic (exact) mass is 597 g/mol. The van der Waals surface area contributed by atoms with Crippen LogP contribution in [0.25, 0.3) is 0 Å². The van der Waals surface area contributed by atoms with Crippen LogP contribution in [0.2, 0.25) is 0 Å². The van der Waals surface area contributed by atoms with Crippen molar-refractivity contribution in [2.24, 2.45) is 0 Å². The van der Waals surface area contributed by atoms with Gasteiger partial charge in [0.25, 0.3) is 5.91 Å². The molecule has 224 valence electrons. The summed E-state index contributed by atoms with van der Waals surface area (Å²) in [6.45, 7) is 14.2. The van der Waals surface area contributed by atoms with E-state index in [1.165, 1.54) is 16.7 Å². The van der Waals surface area contributed by atoms with Crippen LogP contribution in [0.4, 0.5) is 5.69 Å². The first kappa shape index (κ1) is 35.0. The third kappa shape index (κ3) is 15.0. The highest BCUT2D eigenvalue weighted by Gasteiger charge is 2.12. The van der Waals surface area contributed by atoms with Crippen molar-refractivity contribution in [3.63, 3.8) is 0 Å². The van der Waals surface area contributed by atoms with E-state index in [1.54, 1.807) is 11.8 Å². The number of carbonyl (C=O) groups is 1. The fourth-order valence-electron chi connectivity index (χ4n) is 3.91. The number of anilines is 1. The van der Waals surface area contributed by atoms with Crippen molar-refractivity contribution in [1.29, 1.82) is 0 Å². The molecule has 0 aliphatic rings. The summed E-state index contributed by atoms with van der Waals surface area (Å²) >= 11 is 1.70. The molecule has 0 heterocycles. The van der Waals surface area contributed by atoms with Gasteiger partial charge < -0.3 is 18.9 Å². The summed E-state index contributed by atoms with van der Waals surface area (Å²) < 4.78 is 16.7. The van der Waals surface area contributed by atoms with Gasteiger partial charge in [-0.1, -0.05) is 59.2 Å². The molecule has 2 aromatic carbocycles. The van der Waals surface area contributed by atoms with Crippen LogP contribution in [-0.4, -0.2) is 31.5 Å². The Kier molecular flexibility index (Phi) is 17.6. The lowest BCUT2D eigenvalue weighted by Gasteiger charge is -2.14. The maximum Gasteiger partial charge on any atom is 0.332 e. The van der Waals surface area contributed by atoms with Crippen LogP contribution in [0.15, 0.2) is 88.4 Å². The van der Waals surface area contributed by atoms with Gasteiger partial charge in [-0.3, -0.25) is 4.79 Å². The maximum atomic E-state index is 13.1. The molecule has 2 aromatic rings. The van der Waals surface area contributed by atoms with Gasteiger partial charge in [0, 0.05) is 16.3 Å². The minimum atomic E-state index is -1.29. The smallest absolute Gasteiger partial charge is 0.322 e. The fraction of sp³-hybridized carbons (Fsp3) is 0.441. The molecule has 5 nitrogen and oxygen atoms in total. The quantitative estimate of drug-likeness (QED) is 0.0992. The largest absolute Gasteiger partial charge is 0.332 e. The summed E-state index contributed by atoms with van der Waals surface area (Å²) in [5.74, 6) is 0.739. The first-order chi connectivity index (χ1) is 19.8. The van der Waals surface area contributed by atoms with Crippen LogP contribution in [0.5, 0.6) is 0 Å². The van der Waals surface area contributed by atoms with Gasteiger partial charge in [-0.2, -0.15) is 0 Å². The number of amides is 1. The van der Waals surface area contributed by atoms with Crippen LogP contribution in [0.3, 0.4) is 0 Å². The van der Waals surface area contributed by atoms with Gasteiger partial charge in [0.1, 0.15) is 0 Å². The van der Waals surface area contributed by atoms with E-state index >= 15 is 0 Å². The van der Waals surface area contributed by atoms with Gasteiger partial charge in [-0.25, -0.2) is 0 Å². The summed E-state index contributed by atoms with van der Waals surface area (Å²) in [6, 6.07) is 15.7. The van der Waals surface area contributed by atoms with E-state index in [0.717, 1.165) is 54.0 Å². The van der Waals surface area contributed by atoms with Crippen LogP contribution < -0.4 is 5.32 Å². The standard InChI is InChI=1S/C34H48NO4PS/c1-7-37-40(38-8-2)39-25-23-30-19-21-31(22-20-30)35-34(36)32-17-9-10-18-33(32)41-26-24-29(6)16-12-15-28(5)14-11-13-27(3)4/h9-10,13,15,17-22,24H,7-8,11-12,14,16,23,25-26H2,1-6H3,(H,35,36)/b28-15+,29-24+. The van der Waals surface area contributed by atoms with Crippen molar-refractivity contribution in [2.75, 3.05) is 30.9 Å². The number of hydrogen-bond acceptors (Lipinski definition) is 5.